The molecule has 92 valence electrons. The number of benzene rings is 1. The van der Waals surface area contributed by atoms with E-state index < -0.39 is 4.87 Å². The third kappa shape index (κ3) is 4.61. The summed E-state index contributed by atoms with van der Waals surface area (Å²) in [5, 5.41) is 0. The molecule has 1 aromatic rings. The quantitative estimate of drug-likeness (QED) is 0.334. The van der Waals surface area contributed by atoms with Gasteiger partial charge in [-0.05, 0) is 25.3 Å². The van der Waals surface area contributed by atoms with E-state index >= 15 is 0 Å². The zero-order valence-corrected chi connectivity index (χ0v) is 10.7. The number of halogens is 1. The number of hydrogen-bond acceptors (Lipinski definition) is 2. The number of rotatable bonds is 6. The molecule has 0 radical (unpaired) electrons. The Morgan fingerprint density at radius 1 is 1.47 bits per heavy atom. The van der Waals surface area contributed by atoms with Crippen molar-refractivity contribution >= 4 is 17.6 Å². The van der Waals surface area contributed by atoms with Crippen LogP contribution in [0.3, 0.4) is 0 Å². The maximum atomic E-state index is 10.8. The largest absolute Gasteiger partial charge is 0.463 e. The second-order valence-electron chi connectivity index (χ2n) is 4.04. The Balaban J connectivity index is 2.40. The number of carbonyl (C=O) groups is 1. The van der Waals surface area contributed by atoms with Crippen LogP contribution in [0.5, 0.6) is 0 Å². The van der Waals surface area contributed by atoms with Crippen molar-refractivity contribution in [3.05, 3.63) is 48.6 Å². The van der Waals surface area contributed by atoms with E-state index in [0.717, 1.165) is 24.5 Å². The number of carbonyl (C=O) groups excluding carboxylic acids is 1. The molecule has 0 saturated heterocycles. The lowest BCUT2D eigenvalue weighted by Gasteiger charge is -2.22. The maximum absolute atomic E-state index is 10.8. The average Bonchev–Trinajstić information content (AvgIpc) is 2.35. The van der Waals surface area contributed by atoms with E-state index in [1.165, 1.54) is 0 Å². The van der Waals surface area contributed by atoms with Crippen LogP contribution in [-0.2, 0) is 14.4 Å². The van der Waals surface area contributed by atoms with E-state index in [9.17, 15) is 4.79 Å². The first-order chi connectivity index (χ1) is 8.06. The van der Waals surface area contributed by atoms with Gasteiger partial charge < -0.3 is 4.74 Å². The molecule has 0 spiro atoms. The van der Waals surface area contributed by atoms with E-state index in [1.54, 1.807) is 0 Å². The molecule has 0 aliphatic carbocycles. The average molecular weight is 253 g/mol. The molecule has 0 N–H and O–H groups in total. The van der Waals surface area contributed by atoms with E-state index in [4.69, 9.17) is 16.3 Å². The minimum atomic E-state index is -0.415. The molecule has 1 atom stereocenters. The van der Waals surface area contributed by atoms with Gasteiger partial charge in [0.25, 0.3) is 0 Å². The second kappa shape index (κ2) is 6.45. The van der Waals surface area contributed by atoms with Crippen molar-refractivity contribution in [1.82, 2.24) is 0 Å². The molecule has 0 heterocycles. The number of hydrogen-bond donors (Lipinski definition) is 0. The second-order valence-corrected chi connectivity index (χ2v) is 4.87. The topological polar surface area (TPSA) is 26.3 Å². The molecule has 0 saturated carbocycles. The van der Waals surface area contributed by atoms with Gasteiger partial charge in [0.05, 0.1) is 11.5 Å². The van der Waals surface area contributed by atoms with Crippen LogP contribution < -0.4 is 0 Å². The lowest BCUT2D eigenvalue weighted by molar-refractivity contribution is -0.137. The number of esters is 1. The summed E-state index contributed by atoms with van der Waals surface area (Å²) in [5.41, 5.74) is 1.08. The smallest absolute Gasteiger partial charge is 0.330 e. The van der Waals surface area contributed by atoms with E-state index in [2.05, 4.69) is 6.58 Å². The van der Waals surface area contributed by atoms with E-state index in [0.29, 0.717) is 6.61 Å². The Labute approximate surface area is 107 Å². The van der Waals surface area contributed by atoms with E-state index in [-0.39, 0.29) is 5.97 Å². The first-order valence-electron chi connectivity index (χ1n) is 5.60. The Morgan fingerprint density at radius 2 is 2.12 bits per heavy atom. The van der Waals surface area contributed by atoms with Crippen LogP contribution in [0.1, 0.15) is 25.3 Å². The molecule has 0 aliphatic heterocycles. The Kier molecular flexibility index (Phi) is 5.23. The Hall–Kier alpha value is -1.28. The first kappa shape index (κ1) is 13.8. The molecule has 17 heavy (non-hydrogen) atoms. The molecule has 1 aromatic carbocycles. The monoisotopic (exact) mass is 252 g/mol. The summed E-state index contributed by atoms with van der Waals surface area (Å²) in [6, 6.07) is 9.90. The van der Waals surface area contributed by atoms with Crippen LogP contribution in [0.4, 0.5) is 0 Å². The predicted molar refractivity (Wildman–Crippen MR) is 70.0 cm³/mol. The van der Waals surface area contributed by atoms with Crippen LogP contribution in [0.25, 0.3) is 0 Å². The van der Waals surface area contributed by atoms with Crippen molar-refractivity contribution in [3.8, 4) is 0 Å². The molecule has 3 heteroatoms. The Morgan fingerprint density at radius 3 is 2.71 bits per heavy atom. The van der Waals surface area contributed by atoms with Gasteiger partial charge in [0.1, 0.15) is 0 Å². The lowest BCUT2D eigenvalue weighted by Crippen LogP contribution is -2.15. The highest BCUT2D eigenvalue weighted by molar-refractivity contribution is 6.23. The fourth-order valence-corrected chi connectivity index (χ4v) is 1.83. The molecule has 0 aromatic heterocycles. The molecule has 1 rings (SSSR count). The summed E-state index contributed by atoms with van der Waals surface area (Å²) in [6.45, 7) is 5.68. The summed E-state index contributed by atoms with van der Waals surface area (Å²) in [6.07, 6.45) is 2.65. The lowest BCUT2D eigenvalue weighted by atomic mass is 9.95. The summed E-state index contributed by atoms with van der Waals surface area (Å²) < 4.78 is 4.91. The summed E-state index contributed by atoms with van der Waals surface area (Å²) in [4.78, 5) is 10.4. The van der Waals surface area contributed by atoms with Gasteiger partial charge in [-0.1, -0.05) is 36.9 Å². The van der Waals surface area contributed by atoms with Crippen molar-refractivity contribution in [2.75, 3.05) is 6.61 Å². The maximum Gasteiger partial charge on any atom is 0.330 e. The zero-order chi connectivity index (χ0) is 12.7. The van der Waals surface area contributed by atoms with Crippen LogP contribution in [0, 0.1) is 0 Å². The SMILES string of the molecule is C=CC(=O)OCCCC(C)(Cl)c1ccccc1. The molecule has 0 amide bonds. The van der Waals surface area contributed by atoms with Crippen LogP contribution in [0.15, 0.2) is 43.0 Å². The Bertz CT molecular complexity index is 371. The molecular formula is C14H17ClO2. The van der Waals surface area contributed by atoms with Crippen molar-refractivity contribution in [2.24, 2.45) is 0 Å². The molecule has 1 unspecified atom stereocenters. The van der Waals surface area contributed by atoms with Crippen LogP contribution in [-0.4, -0.2) is 12.6 Å². The normalized spacial score (nSPS) is 13.8. The molecule has 0 bridgehead atoms. The standard InChI is InChI=1S/C14H17ClO2/c1-3-13(16)17-11-7-10-14(2,15)12-8-5-4-6-9-12/h3-6,8-9H,1,7,10-11H2,2H3. The van der Waals surface area contributed by atoms with Gasteiger partial charge in [-0.25, -0.2) is 4.79 Å². The van der Waals surface area contributed by atoms with Crippen molar-refractivity contribution < 1.29 is 9.53 Å². The van der Waals surface area contributed by atoms with Gasteiger partial charge in [-0.3, -0.25) is 0 Å². The summed E-state index contributed by atoms with van der Waals surface area (Å²) >= 11 is 6.45. The molecule has 2 nitrogen and oxygen atoms in total. The zero-order valence-electron chi connectivity index (χ0n) is 9.99. The highest BCUT2D eigenvalue weighted by Crippen LogP contribution is 2.33. The summed E-state index contributed by atoms with van der Waals surface area (Å²) in [7, 11) is 0. The minimum absolute atomic E-state index is 0.375. The van der Waals surface area contributed by atoms with Crippen molar-refractivity contribution in [1.29, 1.82) is 0 Å². The van der Waals surface area contributed by atoms with Crippen LogP contribution in [0.2, 0.25) is 0 Å². The summed E-state index contributed by atoms with van der Waals surface area (Å²) in [5.74, 6) is -0.388. The van der Waals surface area contributed by atoms with Gasteiger partial charge in [0, 0.05) is 6.08 Å². The van der Waals surface area contributed by atoms with Crippen molar-refractivity contribution in [3.63, 3.8) is 0 Å². The number of alkyl halides is 1. The highest BCUT2D eigenvalue weighted by Gasteiger charge is 2.22. The van der Waals surface area contributed by atoms with Gasteiger partial charge >= 0.3 is 5.97 Å². The fourth-order valence-electron chi connectivity index (χ4n) is 1.57. The van der Waals surface area contributed by atoms with Gasteiger partial charge in [-0.2, -0.15) is 0 Å². The third-order valence-corrected chi connectivity index (χ3v) is 2.98. The van der Waals surface area contributed by atoms with Gasteiger partial charge in [0.2, 0.25) is 0 Å². The fraction of sp³-hybridized carbons (Fsp3) is 0.357. The third-order valence-electron chi connectivity index (χ3n) is 2.58. The molecular weight excluding hydrogens is 236 g/mol. The van der Waals surface area contributed by atoms with Gasteiger partial charge in [-0.15, -0.1) is 11.6 Å². The minimum Gasteiger partial charge on any atom is -0.463 e. The molecule has 0 aliphatic rings. The molecule has 0 fully saturated rings. The number of ether oxygens (including phenoxy) is 1. The first-order valence-corrected chi connectivity index (χ1v) is 5.98. The van der Waals surface area contributed by atoms with Crippen molar-refractivity contribution in [2.45, 2.75) is 24.6 Å². The van der Waals surface area contributed by atoms with Crippen LogP contribution >= 0.6 is 11.6 Å². The highest BCUT2D eigenvalue weighted by atomic mass is 35.5. The van der Waals surface area contributed by atoms with Gasteiger partial charge in [0.15, 0.2) is 0 Å². The predicted octanol–water partition coefficient (Wildman–Crippen LogP) is 3.65. The van der Waals surface area contributed by atoms with E-state index in [1.807, 2.05) is 37.3 Å².